The predicted molar refractivity (Wildman–Crippen MR) is 111 cm³/mol. The van der Waals surface area contributed by atoms with Crippen LogP contribution < -0.4 is 10.2 Å². The van der Waals surface area contributed by atoms with Crippen molar-refractivity contribution in [2.75, 3.05) is 44.2 Å². The van der Waals surface area contributed by atoms with E-state index in [1.165, 1.54) is 10.6 Å². The molecule has 2 aliphatic heterocycles. The lowest BCUT2D eigenvalue weighted by molar-refractivity contribution is -0.139. The molecule has 7 heteroatoms. The van der Waals surface area contributed by atoms with Gasteiger partial charge in [0.25, 0.3) is 0 Å². The number of piperazine rings is 2. The highest BCUT2D eigenvalue weighted by atomic mass is 32.1. The first-order valence-corrected chi connectivity index (χ1v) is 10.7. The summed E-state index contributed by atoms with van der Waals surface area (Å²) in [6.07, 6.45) is 0.253. The zero-order chi connectivity index (χ0) is 19.3. The number of carbonyl (C=O) groups excluding carboxylic acids is 2. The molecule has 2 saturated heterocycles. The molecule has 148 valence electrons. The van der Waals surface area contributed by atoms with E-state index < -0.39 is 0 Å². The van der Waals surface area contributed by atoms with E-state index >= 15 is 0 Å². The summed E-state index contributed by atoms with van der Waals surface area (Å²) < 4.78 is 0. The molecule has 0 saturated carbocycles. The van der Waals surface area contributed by atoms with Gasteiger partial charge in [-0.25, -0.2) is 0 Å². The maximum Gasteiger partial charge on any atom is 0.237 e. The molecule has 28 heavy (non-hydrogen) atoms. The highest BCUT2D eigenvalue weighted by molar-refractivity contribution is 7.09. The van der Waals surface area contributed by atoms with Crippen LogP contribution in [0.1, 0.15) is 11.3 Å². The molecule has 2 aliphatic rings. The highest BCUT2D eigenvalue weighted by Gasteiger charge is 2.33. The van der Waals surface area contributed by atoms with Gasteiger partial charge >= 0.3 is 0 Å². The van der Waals surface area contributed by atoms with E-state index in [1.54, 1.807) is 11.3 Å². The lowest BCUT2D eigenvalue weighted by atomic mass is 10.1. The third-order valence-corrected chi connectivity index (χ3v) is 6.36. The van der Waals surface area contributed by atoms with E-state index in [4.69, 9.17) is 0 Å². The number of benzene rings is 1. The number of hydrogen-bond acceptors (Lipinski definition) is 5. The maximum absolute atomic E-state index is 12.9. The van der Waals surface area contributed by atoms with Crippen LogP contribution >= 0.6 is 11.3 Å². The summed E-state index contributed by atoms with van der Waals surface area (Å²) >= 11 is 1.69. The van der Waals surface area contributed by atoms with Crippen molar-refractivity contribution in [1.29, 1.82) is 0 Å². The van der Waals surface area contributed by atoms with Crippen LogP contribution in [0, 0.1) is 0 Å². The molecule has 0 spiro atoms. The van der Waals surface area contributed by atoms with Gasteiger partial charge in [0, 0.05) is 56.4 Å². The number of nitrogens with one attached hydrogen (secondary N) is 1. The summed E-state index contributed by atoms with van der Waals surface area (Å²) in [6.45, 7) is 5.20. The minimum atomic E-state index is -0.379. The van der Waals surface area contributed by atoms with E-state index in [1.807, 2.05) is 34.5 Å². The second kappa shape index (κ2) is 8.75. The van der Waals surface area contributed by atoms with Crippen LogP contribution in [0.15, 0.2) is 47.8 Å². The first kappa shape index (κ1) is 19.0. The number of nitrogens with zero attached hydrogens (tertiary/aromatic N) is 3. The van der Waals surface area contributed by atoms with Crippen molar-refractivity contribution in [3.05, 3.63) is 52.7 Å². The fourth-order valence-electron chi connectivity index (χ4n) is 3.92. The quantitative estimate of drug-likeness (QED) is 0.834. The van der Waals surface area contributed by atoms with Crippen molar-refractivity contribution in [2.45, 2.75) is 19.0 Å². The molecule has 1 aromatic carbocycles. The van der Waals surface area contributed by atoms with Crippen LogP contribution in [0.3, 0.4) is 0 Å². The second-order valence-electron chi connectivity index (χ2n) is 7.26. The van der Waals surface area contributed by atoms with E-state index in [9.17, 15) is 9.59 Å². The molecule has 2 fully saturated rings. The Hall–Kier alpha value is -2.38. The van der Waals surface area contributed by atoms with E-state index in [0.29, 0.717) is 19.6 Å². The van der Waals surface area contributed by atoms with Crippen molar-refractivity contribution in [3.8, 4) is 0 Å². The minimum Gasteiger partial charge on any atom is -0.368 e. The molecular weight excluding hydrogens is 372 g/mol. The molecule has 6 nitrogen and oxygen atoms in total. The summed E-state index contributed by atoms with van der Waals surface area (Å²) in [7, 11) is 0. The average Bonchev–Trinajstić information content (AvgIpc) is 3.24. The fourth-order valence-corrected chi connectivity index (χ4v) is 4.65. The summed E-state index contributed by atoms with van der Waals surface area (Å²) in [6, 6.07) is 14.0. The third kappa shape index (κ3) is 4.36. The van der Waals surface area contributed by atoms with Crippen molar-refractivity contribution in [3.63, 3.8) is 0 Å². The van der Waals surface area contributed by atoms with Gasteiger partial charge in [-0.3, -0.25) is 14.5 Å². The number of para-hydroxylation sites is 1. The minimum absolute atomic E-state index is 0.0286. The van der Waals surface area contributed by atoms with Gasteiger partial charge in [-0.1, -0.05) is 24.3 Å². The monoisotopic (exact) mass is 398 g/mol. The number of amides is 2. The van der Waals surface area contributed by atoms with Gasteiger partial charge in [-0.05, 0) is 23.6 Å². The van der Waals surface area contributed by atoms with Gasteiger partial charge in [0.15, 0.2) is 0 Å². The van der Waals surface area contributed by atoms with E-state index in [-0.39, 0.29) is 24.3 Å². The Balaban J connectivity index is 1.34. The van der Waals surface area contributed by atoms with Gasteiger partial charge in [-0.15, -0.1) is 11.3 Å². The number of thiophene rings is 1. The van der Waals surface area contributed by atoms with Crippen LogP contribution in [-0.4, -0.2) is 66.9 Å². The van der Waals surface area contributed by atoms with Gasteiger partial charge in [0.2, 0.25) is 11.8 Å². The van der Waals surface area contributed by atoms with Gasteiger partial charge in [0.1, 0.15) is 0 Å². The molecule has 0 unspecified atom stereocenters. The first-order chi connectivity index (χ1) is 13.7. The molecule has 1 N–H and O–H groups in total. The Morgan fingerprint density at radius 1 is 1.04 bits per heavy atom. The molecule has 0 bridgehead atoms. The maximum atomic E-state index is 12.9. The smallest absolute Gasteiger partial charge is 0.237 e. The summed E-state index contributed by atoms with van der Waals surface area (Å²) in [5.41, 5.74) is 1.20. The Bertz CT molecular complexity index is 788. The second-order valence-corrected chi connectivity index (χ2v) is 8.30. The molecule has 0 radical (unpaired) electrons. The first-order valence-electron chi connectivity index (χ1n) is 9.82. The third-order valence-electron chi connectivity index (χ3n) is 5.50. The van der Waals surface area contributed by atoms with Gasteiger partial charge < -0.3 is 15.1 Å². The fraction of sp³-hybridized carbons (Fsp3) is 0.429. The van der Waals surface area contributed by atoms with Crippen LogP contribution in [0.4, 0.5) is 5.69 Å². The Labute approximate surface area is 169 Å². The lowest BCUT2D eigenvalue weighted by Crippen LogP contribution is -2.57. The molecule has 1 atom stereocenters. The van der Waals surface area contributed by atoms with Crippen LogP contribution in [0.25, 0.3) is 0 Å². The predicted octanol–water partition coefficient (Wildman–Crippen LogP) is 1.79. The van der Waals surface area contributed by atoms with Crippen LogP contribution in [-0.2, 0) is 16.1 Å². The van der Waals surface area contributed by atoms with Crippen LogP contribution in [0.5, 0.6) is 0 Å². The summed E-state index contributed by atoms with van der Waals surface area (Å²) in [5.74, 6) is 0.0463. The molecule has 3 heterocycles. The largest absolute Gasteiger partial charge is 0.368 e. The molecule has 2 amide bonds. The summed E-state index contributed by atoms with van der Waals surface area (Å²) in [5, 5.41) is 4.97. The Morgan fingerprint density at radius 3 is 2.54 bits per heavy atom. The summed E-state index contributed by atoms with van der Waals surface area (Å²) in [4.78, 5) is 32.9. The van der Waals surface area contributed by atoms with Gasteiger partial charge in [-0.2, -0.15) is 0 Å². The zero-order valence-corrected chi connectivity index (χ0v) is 16.7. The standard InChI is InChI=1S/C21H26N4O2S/c26-20(24-12-10-23(11-13-24)17-5-2-1-3-6-17)15-19-21(27)22-8-9-25(19)16-18-7-4-14-28-18/h1-7,14,19H,8-13,15-16H2,(H,22,27)/t19-/m1/s1. The van der Waals surface area contributed by atoms with E-state index in [2.05, 4.69) is 33.3 Å². The van der Waals surface area contributed by atoms with Crippen molar-refractivity contribution in [1.82, 2.24) is 15.1 Å². The zero-order valence-electron chi connectivity index (χ0n) is 15.9. The Morgan fingerprint density at radius 2 is 1.82 bits per heavy atom. The van der Waals surface area contributed by atoms with Crippen molar-refractivity contribution < 1.29 is 9.59 Å². The lowest BCUT2D eigenvalue weighted by Gasteiger charge is -2.38. The van der Waals surface area contributed by atoms with Crippen molar-refractivity contribution >= 4 is 28.8 Å². The number of carbonyl (C=O) groups is 2. The number of hydrogen-bond donors (Lipinski definition) is 1. The molecule has 2 aromatic rings. The van der Waals surface area contributed by atoms with Crippen LogP contribution in [0.2, 0.25) is 0 Å². The van der Waals surface area contributed by atoms with E-state index in [0.717, 1.165) is 26.2 Å². The Kier molecular flexibility index (Phi) is 5.92. The highest BCUT2D eigenvalue weighted by Crippen LogP contribution is 2.20. The van der Waals surface area contributed by atoms with Crippen molar-refractivity contribution in [2.24, 2.45) is 0 Å². The molecule has 1 aromatic heterocycles. The van der Waals surface area contributed by atoms with Gasteiger partial charge in [0.05, 0.1) is 12.5 Å². The molecular formula is C21H26N4O2S. The molecule has 4 rings (SSSR count). The topological polar surface area (TPSA) is 55.9 Å². The number of rotatable bonds is 5. The normalized spacial score (nSPS) is 20.9. The average molecular weight is 399 g/mol. The SMILES string of the molecule is O=C1NCCN(Cc2cccs2)[C@@H]1CC(=O)N1CCN(c2ccccc2)CC1. The number of anilines is 1. The molecule has 0 aliphatic carbocycles.